The Morgan fingerprint density at radius 3 is 2.72 bits per heavy atom. The number of ether oxygens (including phenoxy) is 1. The molecule has 0 atom stereocenters. The van der Waals surface area contributed by atoms with Crippen molar-refractivity contribution in [3.8, 4) is 0 Å². The summed E-state index contributed by atoms with van der Waals surface area (Å²) in [7, 11) is 0. The minimum atomic E-state index is -0.301. The predicted molar refractivity (Wildman–Crippen MR) is 110 cm³/mol. The van der Waals surface area contributed by atoms with E-state index in [4.69, 9.17) is 4.74 Å². The van der Waals surface area contributed by atoms with Gasteiger partial charge in [0.2, 0.25) is 5.91 Å². The highest BCUT2D eigenvalue weighted by Crippen LogP contribution is 2.32. The van der Waals surface area contributed by atoms with Crippen LogP contribution in [0.15, 0.2) is 24.5 Å². The summed E-state index contributed by atoms with van der Waals surface area (Å²) in [5.74, 6) is 1.04. The molecule has 158 valence electrons. The molecule has 0 aromatic carbocycles. The van der Waals surface area contributed by atoms with E-state index in [0.29, 0.717) is 38.2 Å². The van der Waals surface area contributed by atoms with E-state index < -0.39 is 0 Å². The van der Waals surface area contributed by atoms with Gasteiger partial charge in [0.15, 0.2) is 0 Å². The Bertz CT molecular complexity index is 695. The van der Waals surface area contributed by atoms with Gasteiger partial charge in [-0.25, -0.2) is 0 Å². The summed E-state index contributed by atoms with van der Waals surface area (Å²) < 4.78 is 6.24. The van der Waals surface area contributed by atoms with Crippen LogP contribution in [-0.2, 0) is 9.53 Å². The van der Waals surface area contributed by atoms with Crippen molar-refractivity contribution in [2.45, 2.75) is 63.4 Å². The molecule has 1 aromatic heterocycles. The second-order valence-corrected chi connectivity index (χ2v) is 8.92. The van der Waals surface area contributed by atoms with Crippen molar-refractivity contribution in [3.05, 3.63) is 30.1 Å². The molecule has 0 unspecified atom stereocenters. The van der Waals surface area contributed by atoms with Crippen molar-refractivity contribution in [2.75, 3.05) is 32.8 Å². The van der Waals surface area contributed by atoms with Crippen LogP contribution in [0.2, 0.25) is 0 Å². The van der Waals surface area contributed by atoms with Gasteiger partial charge in [0.05, 0.1) is 24.2 Å². The quantitative estimate of drug-likeness (QED) is 0.780. The fourth-order valence-electron chi connectivity index (χ4n) is 5.10. The zero-order valence-corrected chi connectivity index (χ0v) is 17.4. The van der Waals surface area contributed by atoms with E-state index in [9.17, 15) is 9.59 Å². The Kier molecular flexibility index (Phi) is 6.48. The largest absolute Gasteiger partial charge is 0.372 e. The minimum Gasteiger partial charge on any atom is -0.372 e. The second kappa shape index (κ2) is 9.24. The molecule has 0 bridgehead atoms. The number of hydrogen-bond acceptors (Lipinski definition) is 4. The number of carbonyl (C=O) groups is 2. The number of carbonyl (C=O) groups excluding carboxylic acids is 2. The van der Waals surface area contributed by atoms with Crippen LogP contribution in [0, 0.1) is 5.92 Å². The van der Waals surface area contributed by atoms with Gasteiger partial charge in [-0.05, 0) is 37.3 Å². The molecule has 6 nitrogen and oxygen atoms in total. The number of aromatic nitrogens is 1. The molecule has 1 spiro atoms. The molecule has 6 heteroatoms. The minimum absolute atomic E-state index is 0.0341. The van der Waals surface area contributed by atoms with Gasteiger partial charge >= 0.3 is 0 Å². The van der Waals surface area contributed by atoms with E-state index >= 15 is 0 Å². The van der Waals surface area contributed by atoms with Crippen molar-refractivity contribution >= 4 is 11.8 Å². The maximum Gasteiger partial charge on any atom is 0.255 e. The fraction of sp³-hybridized carbons (Fsp3) is 0.696. The third-order valence-corrected chi connectivity index (χ3v) is 6.96. The Hall–Kier alpha value is -1.95. The van der Waals surface area contributed by atoms with Crippen LogP contribution in [0.3, 0.4) is 0 Å². The number of piperidine rings is 1. The number of pyridine rings is 1. The summed E-state index contributed by atoms with van der Waals surface area (Å²) in [6, 6.07) is 3.61. The van der Waals surface area contributed by atoms with E-state index in [1.54, 1.807) is 18.5 Å². The zero-order chi connectivity index (χ0) is 20.1. The van der Waals surface area contributed by atoms with Crippen LogP contribution in [0.5, 0.6) is 0 Å². The SMILES string of the molecule is O=C1CCOC2(CCN(C(=O)c3cccnc3)CC2)CN1CCC1CCCCC1. The third-order valence-electron chi connectivity index (χ3n) is 6.96. The number of amides is 2. The molecule has 2 amide bonds. The zero-order valence-electron chi connectivity index (χ0n) is 17.4. The van der Waals surface area contributed by atoms with Crippen LogP contribution in [0.1, 0.15) is 68.1 Å². The van der Waals surface area contributed by atoms with Gasteiger partial charge in [-0.1, -0.05) is 32.1 Å². The van der Waals surface area contributed by atoms with Crippen LogP contribution in [0.25, 0.3) is 0 Å². The van der Waals surface area contributed by atoms with Crippen molar-refractivity contribution in [1.82, 2.24) is 14.8 Å². The predicted octanol–water partition coefficient (Wildman–Crippen LogP) is 3.28. The first-order chi connectivity index (χ1) is 14.2. The Morgan fingerprint density at radius 1 is 1.21 bits per heavy atom. The van der Waals surface area contributed by atoms with Gasteiger partial charge in [0, 0.05) is 38.6 Å². The first-order valence-corrected chi connectivity index (χ1v) is 11.3. The van der Waals surface area contributed by atoms with E-state index in [1.165, 1.54) is 32.1 Å². The van der Waals surface area contributed by atoms with Crippen LogP contribution in [0.4, 0.5) is 0 Å². The molecule has 3 fully saturated rings. The molecule has 4 rings (SSSR count). The number of likely N-dealkylation sites (tertiary alicyclic amines) is 1. The average molecular weight is 400 g/mol. The molecule has 2 aliphatic heterocycles. The first kappa shape index (κ1) is 20.3. The third kappa shape index (κ3) is 4.97. The standard InChI is InChI=1S/C23H33N3O3/c27-21-9-16-29-23(18-26(21)13-8-19-5-2-1-3-6-19)10-14-25(15-11-23)22(28)20-7-4-12-24-17-20/h4,7,12,17,19H,1-3,5-6,8-11,13-16,18H2. The number of rotatable bonds is 4. The molecule has 2 saturated heterocycles. The molecule has 1 aliphatic carbocycles. The van der Waals surface area contributed by atoms with Crippen LogP contribution >= 0.6 is 0 Å². The maximum atomic E-state index is 12.7. The lowest BCUT2D eigenvalue weighted by atomic mass is 9.86. The van der Waals surface area contributed by atoms with Gasteiger partial charge in [-0.15, -0.1) is 0 Å². The van der Waals surface area contributed by atoms with Crippen molar-refractivity contribution < 1.29 is 14.3 Å². The van der Waals surface area contributed by atoms with E-state index in [1.807, 2.05) is 11.0 Å². The fourth-order valence-corrected chi connectivity index (χ4v) is 5.10. The molecule has 3 aliphatic rings. The molecular weight excluding hydrogens is 366 g/mol. The highest BCUT2D eigenvalue weighted by Gasteiger charge is 2.41. The van der Waals surface area contributed by atoms with Gasteiger partial charge in [-0.2, -0.15) is 0 Å². The molecule has 3 heterocycles. The molecule has 0 N–H and O–H groups in total. The highest BCUT2D eigenvalue weighted by atomic mass is 16.5. The van der Waals surface area contributed by atoms with Crippen molar-refractivity contribution in [1.29, 1.82) is 0 Å². The molecule has 0 radical (unpaired) electrons. The molecular formula is C23H33N3O3. The van der Waals surface area contributed by atoms with E-state index in [2.05, 4.69) is 9.88 Å². The second-order valence-electron chi connectivity index (χ2n) is 8.92. The summed E-state index contributed by atoms with van der Waals surface area (Å²) in [5, 5.41) is 0. The Morgan fingerprint density at radius 2 is 2.00 bits per heavy atom. The topological polar surface area (TPSA) is 62.7 Å². The number of nitrogens with zero attached hydrogens (tertiary/aromatic N) is 3. The van der Waals surface area contributed by atoms with E-state index in [-0.39, 0.29) is 17.4 Å². The monoisotopic (exact) mass is 399 g/mol. The van der Waals surface area contributed by atoms with Gasteiger partial charge < -0.3 is 14.5 Å². The molecule has 1 aromatic rings. The highest BCUT2D eigenvalue weighted by molar-refractivity contribution is 5.93. The summed E-state index contributed by atoms with van der Waals surface area (Å²) in [6.07, 6.45) is 13.1. The normalized spacial score (nSPS) is 23.2. The van der Waals surface area contributed by atoms with Gasteiger partial charge in [0.1, 0.15) is 0 Å². The average Bonchev–Trinajstić information content (AvgIpc) is 2.92. The van der Waals surface area contributed by atoms with Crippen molar-refractivity contribution in [2.24, 2.45) is 5.92 Å². The smallest absolute Gasteiger partial charge is 0.255 e. The Labute approximate surface area is 173 Å². The summed E-state index contributed by atoms with van der Waals surface area (Å²) in [4.78, 5) is 33.4. The Balaban J connectivity index is 1.34. The lowest BCUT2D eigenvalue weighted by Crippen LogP contribution is -2.53. The summed E-state index contributed by atoms with van der Waals surface area (Å²) >= 11 is 0. The summed E-state index contributed by atoms with van der Waals surface area (Å²) in [6.45, 7) is 3.35. The van der Waals surface area contributed by atoms with Crippen LogP contribution in [-0.4, -0.2) is 65.0 Å². The maximum absolute atomic E-state index is 12.7. The van der Waals surface area contributed by atoms with Gasteiger partial charge in [0.25, 0.3) is 5.91 Å². The molecule has 1 saturated carbocycles. The number of hydrogen-bond donors (Lipinski definition) is 0. The van der Waals surface area contributed by atoms with Crippen molar-refractivity contribution in [3.63, 3.8) is 0 Å². The summed E-state index contributed by atoms with van der Waals surface area (Å²) in [5.41, 5.74) is 0.333. The first-order valence-electron chi connectivity index (χ1n) is 11.3. The van der Waals surface area contributed by atoms with Crippen LogP contribution < -0.4 is 0 Å². The van der Waals surface area contributed by atoms with E-state index in [0.717, 1.165) is 31.7 Å². The molecule has 29 heavy (non-hydrogen) atoms. The lowest BCUT2D eigenvalue weighted by molar-refractivity contribution is -0.132. The lowest BCUT2D eigenvalue weighted by Gasteiger charge is -2.42. The van der Waals surface area contributed by atoms with Gasteiger partial charge in [-0.3, -0.25) is 14.6 Å².